The molecule has 0 saturated heterocycles. The summed E-state index contributed by atoms with van der Waals surface area (Å²) < 4.78 is 7.15. The lowest BCUT2D eigenvalue weighted by Gasteiger charge is -2.03. The first-order valence-electron chi connectivity index (χ1n) is 5.38. The van der Waals surface area contributed by atoms with Gasteiger partial charge in [0.15, 0.2) is 0 Å². The second kappa shape index (κ2) is 5.31. The summed E-state index contributed by atoms with van der Waals surface area (Å²) in [5, 5.41) is 0.807. The molecule has 0 N–H and O–H groups in total. The predicted octanol–water partition coefficient (Wildman–Crippen LogP) is 2.65. The lowest BCUT2D eigenvalue weighted by molar-refractivity contribution is -0.134. The van der Waals surface area contributed by atoms with Gasteiger partial charge < -0.3 is 9.30 Å². The highest BCUT2D eigenvalue weighted by molar-refractivity contribution is 9.09. The number of imidazole rings is 1. The fraction of sp³-hybridized carbons (Fsp3) is 0.333. The van der Waals surface area contributed by atoms with E-state index in [2.05, 4.69) is 20.9 Å². The molecule has 1 aromatic carbocycles. The molecular weight excluding hydrogens is 284 g/mol. The van der Waals surface area contributed by atoms with Crippen molar-refractivity contribution in [2.45, 2.75) is 12.8 Å². The fourth-order valence-corrected chi connectivity index (χ4v) is 1.85. The van der Waals surface area contributed by atoms with Gasteiger partial charge in [-0.3, -0.25) is 4.79 Å². The molecule has 1 aromatic heterocycles. The SMILES string of the molecule is Cn1cnc2cc(OC(=O)CCCBr)ccc21. The van der Waals surface area contributed by atoms with E-state index in [4.69, 9.17) is 4.74 Å². The van der Waals surface area contributed by atoms with E-state index in [0.29, 0.717) is 12.2 Å². The maximum absolute atomic E-state index is 11.4. The number of aromatic nitrogens is 2. The molecule has 0 fully saturated rings. The molecule has 1 heterocycles. The van der Waals surface area contributed by atoms with Crippen molar-refractivity contribution in [2.75, 3.05) is 5.33 Å². The van der Waals surface area contributed by atoms with Crippen molar-refractivity contribution in [1.82, 2.24) is 9.55 Å². The Balaban J connectivity index is 2.11. The molecule has 2 rings (SSSR count). The number of carbonyl (C=O) groups excluding carboxylic acids is 1. The summed E-state index contributed by atoms with van der Waals surface area (Å²) in [5.74, 6) is 0.343. The Morgan fingerprint density at radius 1 is 1.53 bits per heavy atom. The van der Waals surface area contributed by atoms with Crippen LogP contribution in [0.3, 0.4) is 0 Å². The van der Waals surface area contributed by atoms with E-state index < -0.39 is 0 Å². The molecule has 0 amide bonds. The Morgan fingerprint density at radius 2 is 2.35 bits per heavy atom. The van der Waals surface area contributed by atoms with Crippen LogP contribution in [0.2, 0.25) is 0 Å². The summed E-state index contributed by atoms with van der Waals surface area (Å²) in [6.07, 6.45) is 2.94. The molecule has 2 aromatic rings. The number of fused-ring (bicyclic) bond motifs is 1. The van der Waals surface area contributed by atoms with Gasteiger partial charge in [0.25, 0.3) is 0 Å². The molecule has 4 nitrogen and oxygen atoms in total. The zero-order valence-electron chi connectivity index (χ0n) is 9.52. The lowest BCUT2D eigenvalue weighted by atomic mass is 10.3. The molecule has 5 heteroatoms. The van der Waals surface area contributed by atoms with Crippen LogP contribution in [0.1, 0.15) is 12.8 Å². The van der Waals surface area contributed by atoms with Crippen molar-refractivity contribution < 1.29 is 9.53 Å². The fourth-order valence-electron chi connectivity index (χ4n) is 1.57. The van der Waals surface area contributed by atoms with Crippen molar-refractivity contribution >= 4 is 32.9 Å². The van der Waals surface area contributed by atoms with E-state index in [-0.39, 0.29) is 5.97 Å². The van der Waals surface area contributed by atoms with Gasteiger partial charge in [-0.2, -0.15) is 0 Å². The molecule has 0 unspecified atom stereocenters. The first-order chi connectivity index (χ1) is 8.20. The van der Waals surface area contributed by atoms with Crippen molar-refractivity contribution in [3.63, 3.8) is 0 Å². The number of hydrogen-bond donors (Lipinski definition) is 0. The lowest BCUT2D eigenvalue weighted by Crippen LogP contribution is -2.07. The minimum atomic E-state index is -0.209. The number of carbonyl (C=O) groups is 1. The van der Waals surface area contributed by atoms with Crippen LogP contribution < -0.4 is 4.74 Å². The number of ether oxygens (including phenoxy) is 1. The van der Waals surface area contributed by atoms with E-state index in [1.165, 1.54) is 0 Å². The molecule has 0 bridgehead atoms. The number of hydrogen-bond acceptors (Lipinski definition) is 3. The van der Waals surface area contributed by atoms with Gasteiger partial charge in [-0.1, -0.05) is 15.9 Å². The zero-order chi connectivity index (χ0) is 12.3. The van der Waals surface area contributed by atoms with Crippen LogP contribution in [-0.2, 0) is 11.8 Å². The highest BCUT2D eigenvalue weighted by Gasteiger charge is 2.06. The topological polar surface area (TPSA) is 44.1 Å². The highest BCUT2D eigenvalue weighted by atomic mass is 79.9. The van der Waals surface area contributed by atoms with Gasteiger partial charge >= 0.3 is 5.97 Å². The number of rotatable bonds is 4. The van der Waals surface area contributed by atoms with Crippen LogP contribution in [0.25, 0.3) is 11.0 Å². The standard InChI is InChI=1S/C12H13BrN2O2/c1-15-8-14-10-7-9(4-5-11(10)15)17-12(16)3-2-6-13/h4-5,7-8H,2-3,6H2,1H3. The van der Waals surface area contributed by atoms with Gasteiger partial charge in [-0.05, 0) is 18.6 Å². The second-order valence-corrected chi connectivity index (χ2v) is 4.57. The van der Waals surface area contributed by atoms with Gasteiger partial charge in [-0.25, -0.2) is 4.98 Å². The van der Waals surface area contributed by atoms with Crippen LogP contribution >= 0.6 is 15.9 Å². The normalized spacial score (nSPS) is 10.7. The van der Waals surface area contributed by atoms with Gasteiger partial charge in [-0.15, -0.1) is 0 Å². The molecule has 90 valence electrons. The van der Waals surface area contributed by atoms with Crippen LogP contribution in [0.4, 0.5) is 0 Å². The molecule has 0 aliphatic rings. The van der Waals surface area contributed by atoms with E-state index in [1.807, 2.05) is 17.7 Å². The third kappa shape index (κ3) is 2.85. The number of esters is 1. The summed E-state index contributed by atoms with van der Waals surface area (Å²) in [6, 6.07) is 5.47. The average molecular weight is 297 g/mol. The largest absolute Gasteiger partial charge is 0.426 e. The quantitative estimate of drug-likeness (QED) is 0.495. The van der Waals surface area contributed by atoms with E-state index in [1.54, 1.807) is 18.5 Å². The van der Waals surface area contributed by atoms with Gasteiger partial charge in [0.2, 0.25) is 0 Å². The molecule has 0 spiro atoms. The number of aryl methyl sites for hydroxylation is 1. The van der Waals surface area contributed by atoms with Gasteiger partial charge in [0, 0.05) is 24.9 Å². The maximum Gasteiger partial charge on any atom is 0.311 e. The summed E-state index contributed by atoms with van der Waals surface area (Å²) >= 11 is 3.28. The van der Waals surface area contributed by atoms with E-state index >= 15 is 0 Å². The zero-order valence-corrected chi connectivity index (χ0v) is 11.1. The molecule has 0 aliphatic heterocycles. The van der Waals surface area contributed by atoms with Crippen molar-refractivity contribution in [3.05, 3.63) is 24.5 Å². The number of halogens is 1. The summed E-state index contributed by atoms with van der Waals surface area (Å²) in [5.41, 5.74) is 1.85. The average Bonchev–Trinajstić information content (AvgIpc) is 2.68. The molecule has 0 atom stereocenters. The second-order valence-electron chi connectivity index (χ2n) is 3.77. The Labute approximate surface area is 108 Å². The summed E-state index contributed by atoms with van der Waals surface area (Å²) in [6.45, 7) is 0. The van der Waals surface area contributed by atoms with Crippen molar-refractivity contribution in [1.29, 1.82) is 0 Å². The Hall–Kier alpha value is -1.36. The smallest absolute Gasteiger partial charge is 0.311 e. The maximum atomic E-state index is 11.4. The van der Waals surface area contributed by atoms with E-state index in [0.717, 1.165) is 22.8 Å². The van der Waals surface area contributed by atoms with Crippen molar-refractivity contribution in [2.24, 2.45) is 7.05 Å². The van der Waals surface area contributed by atoms with Crippen LogP contribution in [0.5, 0.6) is 5.75 Å². The minimum absolute atomic E-state index is 0.209. The molecule has 0 radical (unpaired) electrons. The third-order valence-corrected chi connectivity index (χ3v) is 3.00. The first-order valence-corrected chi connectivity index (χ1v) is 6.50. The number of benzene rings is 1. The summed E-state index contributed by atoms with van der Waals surface area (Å²) in [4.78, 5) is 15.7. The Bertz CT molecular complexity index is 536. The number of alkyl halides is 1. The highest BCUT2D eigenvalue weighted by Crippen LogP contribution is 2.19. The minimum Gasteiger partial charge on any atom is -0.426 e. The number of nitrogens with zero attached hydrogens (tertiary/aromatic N) is 2. The molecular formula is C12H13BrN2O2. The molecule has 0 saturated carbocycles. The first kappa shape index (κ1) is 12.1. The van der Waals surface area contributed by atoms with Crippen LogP contribution in [-0.4, -0.2) is 20.9 Å². The Kier molecular flexibility index (Phi) is 3.78. The van der Waals surface area contributed by atoms with Gasteiger partial charge in [0.1, 0.15) is 5.75 Å². The Morgan fingerprint density at radius 3 is 3.12 bits per heavy atom. The monoisotopic (exact) mass is 296 g/mol. The van der Waals surface area contributed by atoms with E-state index in [9.17, 15) is 4.79 Å². The third-order valence-electron chi connectivity index (χ3n) is 2.44. The molecule has 17 heavy (non-hydrogen) atoms. The van der Waals surface area contributed by atoms with Crippen LogP contribution in [0, 0.1) is 0 Å². The summed E-state index contributed by atoms with van der Waals surface area (Å²) in [7, 11) is 1.93. The van der Waals surface area contributed by atoms with Crippen molar-refractivity contribution in [3.8, 4) is 5.75 Å². The van der Waals surface area contributed by atoms with Crippen LogP contribution in [0.15, 0.2) is 24.5 Å². The van der Waals surface area contributed by atoms with Gasteiger partial charge in [0.05, 0.1) is 17.4 Å². The predicted molar refractivity (Wildman–Crippen MR) is 69.4 cm³/mol. The molecule has 0 aliphatic carbocycles.